The highest BCUT2D eigenvalue weighted by Gasteiger charge is 2.24. The van der Waals surface area contributed by atoms with Crippen LogP contribution < -0.4 is 9.47 Å². The zero-order valence-electron chi connectivity index (χ0n) is 17.5. The molecular formula is C26H21NO5. The van der Waals surface area contributed by atoms with Crippen molar-refractivity contribution in [2.75, 3.05) is 6.61 Å². The van der Waals surface area contributed by atoms with E-state index in [-0.39, 0.29) is 24.0 Å². The van der Waals surface area contributed by atoms with Gasteiger partial charge in [0.1, 0.15) is 0 Å². The van der Waals surface area contributed by atoms with Gasteiger partial charge < -0.3 is 14.2 Å². The fraction of sp³-hybridized carbons (Fsp3) is 0.115. The molecule has 3 aromatic carbocycles. The highest BCUT2D eigenvalue weighted by atomic mass is 16.6. The van der Waals surface area contributed by atoms with Crippen molar-refractivity contribution >= 4 is 23.9 Å². The van der Waals surface area contributed by atoms with Crippen LogP contribution in [-0.4, -0.2) is 24.4 Å². The molecule has 3 aromatic rings. The lowest BCUT2D eigenvalue weighted by atomic mass is 10.1. The van der Waals surface area contributed by atoms with Gasteiger partial charge in [-0.1, -0.05) is 54.6 Å². The van der Waals surface area contributed by atoms with Crippen LogP contribution in [0.25, 0.3) is 6.08 Å². The molecule has 0 radical (unpaired) electrons. The van der Waals surface area contributed by atoms with Crippen LogP contribution in [0.4, 0.5) is 0 Å². The van der Waals surface area contributed by atoms with E-state index in [9.17, 15) is 9.59 Å². The monoisotopic (exact) mass is 427 g/mol. The number of esters is 2. The lowest BCUT2D eigenvalue weighted by Crippen LogP contribution is -2.12. The van der Waals surface area contributed by atoms with E-state index in [1.807, 2.05) is 67.6 Å². The molecule has 1 aliphatic heterocycles. The number of carbonyl (C=O) groups is 2. The van der Waals surface area contributed by atoms with Crippen molar-refractivity contribution < 1.29 is 23.8 Å². The zero-order chi connectivity index (χ0) is 22.3. The summed E-state index contributed by atoms with van der Waals surface area (Å²) in [5.41, 5.74) is 2.44. The van der Waals surface area contributed by atoms with Gasteiger partial charge in [0, 0.05) is 5.56 Å². The summed E-state index contributed by atoms with van der Waals surface area (Å²) in [5.74, 6) is 0.0672. The normalized spacial score (nSPS) is 14.1. The van der Waals surface area contributed by atoms with Crippen LogP contribution in [0.1, 0.15) is 23.6 Å². The number of nitrogens with zero attached hydrogens (tertiary/aromatic N) is 1. The van der Waals surface area contributed by atoms with Crippen molar-refractivity contribution in [3.8, 4) is 11.5 Å². The van der Waals surface area contributed by atoms with Crippen molar-refractivity contribution in [2.24, 2.45) is 4.99 Å². The lowest BCUT2D eigenvalue weighted by molar-refractivity contribution is -0.133. The maximum Gasteiger partial charge on any atom is 0.363 e. The van der Waals surface area contributed by atoms with Crippen LogP contribution >= 0.6 is 0 Å². The summed E-state index contributed by atoms with van der Waals surface area (Å²) < 4.78 is 16.5. The molecule has 0 aliphatic carbocycles. The number of aliphatic imine (C=N–C) groups is 1. The molecule has 1 heterocycles. The molecule has 0 spiro atoms. The average Bonchev–Trinajstić information content (AvgIpc) is 3.17. The van der Waals surface area contributed by atoms with Gasteiger partial charge in [0.25, 0.3) is 0 Å². The number of ether oxygens (including phenoxy) is 3. The van der Waals surface area contributed by atoms with Crippen molar-refractivity contribution in [1.82, 2.24) is 0 Å². The molecule has 0 fully saturated rings. The molecule has 0 aromatic heterocycles. The molecule has 1 aliphatic rings. The smallest absolute Gasteiger partial charge is 0.363 e. The Bertz CT molecular complexity index is 1180. The molecule has 0 saturated heterocycles. The Morgan fingerprint density at radius 1 is 0.969 bits per heavy atom. The SMILES string of the molecule is CCOc1cc(C=C2N=C(c3ccccc3)OC2=O)ccc1OC(=O)Cc1ccccc1. The summed E-state index contributed by atoms with van der Waals surface area (Å²) >= 11 is 0. The van der Waals surface area contributed by atoms with Gasteiger partial charge in [0.15, 0.2) is 17.2 Å². The standard InChI is InChI=1S/C26H21NO5/c1-2-30-23-16-19(13-14-22(23)31-24(28)17-18-9-5-3-6-10-18)15-21-26(29)32-25(27-21)20-11-7-4-8-12-20/h3-16H,2,17H2,1H3. The number of cyclic esters (lactones) is 1. The fourth-order valence-corrected chi connectivity index (χ4v) is 3.16. The largest absolute Gasteiger partial charge is 0.490 e. The third-order valence-corrected chi connectivity index (χ3v) is 4.63. The number of carbonyl (C=O) groups excluding carboxylic acids is 2. The number of rotatable bonds is 7. The van der Waals surface area contributed by atoms with Gasteiger partial charge in [0.05, 0.1) is 13.0 Å². The minimum atomic E-state index is -0.528. The number of hydrogen-bond donors (Lipinski definition) is 0. The first-order chi connectivity index (χ1) is 15.6. The highest BCUT2D eigenvalue weighted by Crippen LogP contribution is 2.30. The Morgan fingerprint density at radius 2 is 1.69 bits per heavy atom. The molecule has 0 amide bonds. The van der Waals surface area contributed by atoms with Crippen molar-refractivity contribution in [2.45, 2.75) is 13.3 Å². The van der Waals surface area contributed by atoms with Crippen LogP contribution in [0.2, 0.25) is 0 Å². The minimum absolute atomic E-state index is 0.154. The maximum atomic E-state index is 12.3. The Morgan fingerprint density at radius 3 is 2.41 bits per heavy atom. The zero-order valence-corrected chi connectivity index (χ0v) is 17.5. The molecular weight excluding hydrogens is 406 g/mol. The Hall–Kier alpha value is -4.19. The summed E-state index contributed by atoms with van der Waals surface area (Å²) in [7, 11) is 0. The molecule has 0 saturated carbocycles. The molecule has 6 heteroatoms. The van der Waals surface area contributed by atoms with Crippen LogP contribution in [-0.2, 0) is 20.7 Å². The van der Waals surface area contributed by atoms with Crippen molar-refractivity contribution in [1.29, 1.82) is 0 Å². The van der Waals surface area contributed by atoms with E-state index >= 15 is 0 Å². The van der Waals surface area contributed by atoms with E-state index < -0.39 is 5.97 Å². The molecule has 0 unspecified atom stereocenters. The minimum Gasteiger partial charge on any atom is -0.490 e. The summed E-state index contributed by atoms with van der Waals surface area (Å²) in [5, 5.41) is 0. The quantitative estimate of drug-likeness (QED) is 0.314. The Kier molecular flexibility index (Phi) is 6.41. The van der Waals surface area contributed by atoms with Crippen molar-refractivity contribution in [3.63, 3.8) is 0 Å². The van der Waals surface area contributed by atoms with E-state index in [0.29, 0.717) is 23.7 Å². The fourth-order valence-electron chi connectivity index (χ4n) is 3.16. The van der Waals surface area contributed by atoms with Crippen LogP contribution in [0, 0.1) is 0 Å². The summed E-state index contributed by atoms with van der Waals surface area (Å²) in [6.07, 6.45) is 1.76. The summed E-state index contributed by atoms with van der Waals surface area (Å²) in [4.78, 5) is 28.9. The van der Waals surface area contributed by atoms with E-state index in [4.69, 9.17) is 14.2 Å². The second-order valence-electron chi connectivity index (χ2n) is 6.98. The first-order valence-corrected chi connectivity index (χ1v) is 10.2. The van der Waals surface area contributed by atoms with Crippen molar-refractivity contribution in [3.05, 3.63) is 101 Å². The number of benzene rings is 3. The van der Waals surface area contributed by atoms with Gasteiger partial charge in [-0.25, -0.2) is 9.79 Å². The van der Waals surface area contributed by atoms with Crippen LogP contribution in [0.15, 0.2) is 89.6 Å². The third kappa shape index (κ3) is 5.10. The maximum absolute atomic E-state index is 12.3. The highest BCUT2D eigenvalue weighted by molar-refractivity contribution is 6.12. The average molecular weight is 427 g/mol. The van der Waals surface area contributed by atoms with Gasteiger partial charge >= 0.3 is 11.9 Å². The lowest BCUT2D eigenvalue weighted by Gasteiger charge is -2.11. The van der Waals surface area contributed by atoms with Crippen LogP contribution in [0.5, 0.6) is 11.5 Å². The second kappa shape index (κ2) is 9.75. The van der Waals surface area contributed by atoms with Gasteiger partial charge in [-0.3, -0.25) is 4.79 Å². The molecule has 6 nitrogen and oxygen atoms in total. The summed E-state index contributed by atoms with van der Waals surface area (Å²) in [6, 6.07) is 23.6. The second-order valence-corrected chi connectivity index (χ2v) is 6.98. The van der Waals surface area contributed by atoms with Crippen LogP contribution in [0.3, 0.4) is 0 Å². The molecule has 0 bridgehead atoms. The molecule has 160 valence electrons. The molecule has 0 N–H and O–H groups in total. The Labute approximate surface area is 185 Å². The molecule has 32 heavy (non-hydrogen) atoms. The summed E-state index contributed by atoms with van der Waals surface area (Å²) in [6.45, 7) is 2.23. The van der Waals surface area contributed by atoms with E-state index in [1.165, 1.54) is 0 Å². The van der Waals surface area contributed by atoms with E-state index in [0.717, 1.165) is 11.1 Å². The Balaban J connectivity index is 1.54. The predicted octanol–water partition coefficient (Wildman–Crippen LogP) is 4.58. The van der Waals surface area contributed by atoms with Gasteiger partial charge in [0.2, 0.25) is 5.90 Å². The third-order valence-electron chi connectivity index (χ3n) is 4.63. The molecule has 4 rings (SSSR count). The van der Waals surface area contributed by atoms with E-state index in [2.05, 4.69) is 4.99 Å². The first-order valence-electron chi connectivity index (χ1n) is 10.2. The predicted molar refractivity (Wildman–Crippen MR) is 120 cm³/mol. The van der Waals surface area contributed by atoms with Gasteiger partial charge in [-0.15, -0.1) is 0 Å². The number of hydrogen-bond acceptors (Lipinski definition) is 6. The molecule has 0 atom stereocenters. The topological polar surface area (TPSA) is 74.2 Å². The van der Waals surface area contributed by atoms with Gasteiger partial charge in [-0.2, -0.15) is 0 Å². The van der Waals surface area contributed by atoms with E-state index in [1.54, 1.807) is 24.3 Å². The van der Waals surface area contributed by atoms with Gasteiger partial charge in [-0.05, 0) is 48.4 Å². The first kappa shape index (κ1) is 21.1.